The van der Waals surface area contributed by atoms with Crippen LogP contribution in [0.25, 0.3) is 0 Å². The van der Waals surface area contributed by atoms with Gasteiger partial charge < -0.3 is 10.2 Å². The third kappa shape index (κ3) is 6.22. The van der Waals surface area contributed by atoms with Crippen LogP contribution in [0, 0.1) is 13.8 Å². The second kappa shape index (κ2) is 10.6. The largest absolute Gasteiger partial charge is 0.354 e. The highest BCUT2D eigenvalue weighted by molar-refractivity contribution is 5.88. The van der Waals surface area contributed by atoms with Crippen LogP contribution >= 0.6 is 0 Å². The predicted octanol–water partition coefficient (Wildman–Crippen LogP) is 3.83. The van der Waals surface area contributed by atoms with Gasteiger partial charge in [-0.2, -0.15) is 0 Å². The number of nitrogens with one attached hydrogen (secondary N) is 1. The van der Waals surface area contributed by atoms with E-state index in [2.05, 4.69) is 29.6 Å². The van der Waals surface area contributed by atoms with Gasteiger partial charge in [-0.3, -0.25) is 9.59 Å². The van der Waals surface area contributed by atoms with Gasteiger partial charge in [0.15, 0.2) is 0 Å². The first-order valence-corrected chi connectivity index (χ1v) is 10.1. The van der Waals surface area contributed by atoms with Crippen molar-refractivity contribution in [3.05, 3.63) is 70.8 Å². The lowest BCUT2D eigenvalue weighted by atomic mass is 10.0. The molecule has 0 aliphatic carbocycles. The summed E-state index contributed by atoms with van der Waals surface area (Å²) in [7, 11) is 0. The molecular formula is C24H32N2O2. The lowest BCUT2D eigenvalue weighted by Gasteiger charge is -2.29. The number of nitrogens with zero attached hydrogens (tertiary/aromatic N) is 1. The molecule has 0 aliphatic rings. The monoisotopic (exact) mass is 380 g/mol. The van der Waals surface area contributed by atoms with E-state index in [0.717, 1.165) is 35.1 Å². The molecule has 0 saturated heterocycles. The van der Waals surface area contributed by atoms with E-state index in [1.54, 1.807) is 4.90 Å². The highest BCUT2D eigenvalue weighted by Crippen LogP contribution is 2.14. The van der Waals surface area contributed by atoms with Gasteiger partial charge in [0, 0.05) is 13.1 Å². The van der Waals surface area contributed by atoms with Crippen LogP contribution < -0.4 is 5.32 Å². The van der Waals surface area contributed by atoms with Crippen LogP contribution in [0.1, 0.15) is 42.5 Å². The maximum absolute atomic E-state index is 13.2. The van der Waals surface area contributed by atoms with Gasteiger partial charge >= 0.3 is 0 Å². The molecule has 0 saturated carbocycles. The second-order valence-corrected chi connectivity index (χ2v) is 7.40. The highest BCUT2D eigenvalue weighted by atomic mass is 16.2. The molecule has 2 rings (SSSR count). The Bertz CT molecular complexity index is 786. The summed E-state index contributed by atoms with van der Waals surface area (Å²) in [4.78, 5) is 27.4. The maximum Gasteiger partial charge on any atom is 0.242 e. The van der Waals surface area contributed by atoms with Crippen molar-refractivity contribution in [3.8, 4) is 0 Å². The van der Waals surface area contributed by atoms with E-state index in [0.29, 0.717) is 19.5 Å². The van der Waals surface area contributed by atoms with Crippen molar-refractivity contribution in [1.82, 2.24) is 10.2 Å². The molecule has 1 atom stereocenters. The number of hydrogen-bond donors (Lipinski definition) is 1. The first-order valence-electron chi connectivity index (χ1n) is 10.1. The van der Waals surface area contributed by atoms with Gasteiger partial charge in [0.1, 0.15) is 6.04 Å². The molecule has 0 spiro atoms. The van der Waals surface area contributed by atoms with E-state index in [4.69, 9.17) is 0 Å². The van der Waals surface area contributed by atoms with E-state index in [-0.39, 0.29) is 11.8 Å². The normalized spacial score (nSPS) is 11.7. The molecule has 4 heteroatoms. The van der Waals surface area contributed by atoms with E-state index >= 15 is 0 Å². The molecule has 2 aromatic carbocycles. The summed E-state index contributed by atoms with van der Waals surface area (Å²) in [5, 5.41) is 2.92. The first kappa shape index (κ1) is 21.7. The van der Waals surface area contributed by atoms with Gasteiger partial charge in [-0.15, -0.1) is 0 Å². The number of amides is 2. The summed E-state index contributed by atoms with van der Waals surface area (Å²) in [6.45, 7) is 9.03. The van der Waals surface area contributed by atoms with E-state index in [9.17, 15) is 9.59 Å². The van der Waals surface area contributed by atoms with Crippen molar-refractivity contribution in [2.75, 3.05) is 13.1 Å². The van der Waals surface area contributed by atoms with Gasteiger partial charge in [-0.25, -0.2) is 0 Å². The van der Waals surface area contributed by atoms with Crippen molar-refractivity contribution >= 4 is 11.8 Å². The summed E-state index contributed by atoms with van der Waals surface area (Å²) < 4.78 is 0. The summed E-state index contributed by atoms with van der Waals surface area (Å²) in [5.74, 6) is -0.104. The molecule has 2 aromatic rings. The molecule has 0 aliphatic heterocycles. The van der Waals surface area contributed by atoms with Crippen molar-refractivity contribution in [2.24, 2.45) is 0 Å². The Labute approximate surface area is 169 Å². The average molecular weight is 381 g/mol. The number of rotatable bonds is 9. The molecule has 0 heterocycles. The molecule has 150 valence electrons. The fraction of sp³-hybridized carbons (Fsp3) is 0.417. The molecule has 0 radical (unpaired) electrons. The minimum absolute atomic E-state index is 0.0104. The predicted molar refractivity (Wildman–Crippen MR) is 114 cm³/mol. The number of aryl methyl sites for hydroxylation is 2. The fourth-order valence-electron chi connectivity index (χ4n) is 3.22. The van der Waals surface area contributed by atoms with Crippen LogP contribution in [-0.4, -0.2) is 35.8 Å². The molecule has 28 heavy (non-hydrogen) atoms. The number of carbonyl (C=O) groups is 2. The zero-order chi connectivity index (χ0) is 20.5. The molecule has 1 N–H and O–H groups in total. The minimum atomic E-state index is -0.493. The van der Waals surface area contributed by atoms with Gasteiger partial charge in [-0.05, 0) is 50.3 Å². The second-order valence-electron chi connectivity index (χ2n) is 7.40. The van der Waals surface area contributed by atoms with E-state index < -0.39 is 6.04 Å². The van der Waals surface area contributed by atoms with Crippen molar-refractivity contribution in [1.29, 1.82) is 0 Å². The third-order valence-corrected chi connectivity index (χ3v) is 5.05. The Balaban J connectivity index is 2.16. The third-order valence-electron chi connectivity index (χ3n) is 5.05. The number of benzene rings is 2. The van der Waals surface area contributed by atoms with Gasteiger partial charge in [0.05, 0.1) is 6.42 Å². The van der Waals surface area contributed by atoms with Crippen LogP contribution in [0.5, 0.6) is 0 Å². The molecule has 2 amide bonds. The lowest BCUT2D eigenvalue weighted by Crippen LogP contribution is -2.49. The summed E-state index contributed by atoms with van der Waals surface area (Å²) in [5.41, 5.74) is 4.42. The fourth-order valence-corrected chi connectivity index (χ4v) is 3.22. The van der Waals surface area contributed by atoms with Gasteiger partial charge in [-0.1, -0.05) is 61.0 Å². The van der Waals surface area contributed by atoms with Crippen molar-refractivity contribution in [3.63, 3.8) is 0 Å². The molecule has 0 aromatic heterocycles. The van der Waals surface area contributed by atoms with Crippen LogP contribution in [0.4, 0.5) is 0 Å². The van der Waals surface area contributed by atoms with Crippen molar-refractivity contribution in [2.45, 2.75) is 53.0 Å². The minimum Gasteiger partial charge on any atom is -0.354 e. The Hall–Kier alpha value is -2.62. The number of hydrogen-bond acceptors (Lipinski definition) is 2. The van der Waals surface area contributed by atoms with Gasteiger partial charge in [0.2, 0.25) is 11.8 Å². The first-order chi connectivity index (χ1) is 13.4. The average Bonchev–Trinajstić information content (AvgIpc) is 2.69. The van der Waals surface area contributed by atoms with Gasteiger partial charge in [0.25, 0.3) is 0 Å². The zero-order valence-corrected chi connectivity index (χ0v) is 17.5. The van der Waals surface area contributed by atoms with E-state index in [1.807, 2.05) is 52.0 Å². The molecule has 0 fully saturated rings. The van der Waals surface area contributed by atoms with Crippen LogP contribution in [-0.2, 0) is 22.4 Å². The van der Waals surface area contributed by atoms with Crippen LogP contribution in [0.2, 0.25) is 0 Å². The summed E-state index contributed by atoms with van der Waals surface area (Å²) >= 11 is 0. The molecule has 0 unspecified atom stereocenters. The topological polar surface area (TPSA) is 49.4 Å². The number of carbonyl (C=O) groups excluding carboxylic acids is 2. The lowest BCUT2D eigenvalue weighted by molar-refractivity contribution is -0.139. The summed E-state index contributed by atoms with van der Waals surface area (Å²) in [6.07, 6.45) is 1.91. The molecular weight excluding hydrogens is 348 g/mol. The van der Waals surface area contributed by atoms with Crippen LogP contribution in [0.15, 0.2) is 48.5 Å². The molecule has 0 bridgehead atoms. The highest BCUT2D eigenvalue weighted by Gasteiger charge is 2.25. The summed E-state index contributed by atoms with van der Waals surface area (Å²) in [6, 6.07) is 15.7. The Kier molecular flexibility index (Phi) is 8.24. The van der Waals surface area contributed by atoms with Crippen molar-refractivity contribution < 1.29 is 9.59 Å². The standard InChI is InChI=1S/C24H32N2O2/c1-5-14-25-24(28)20(4)26(15-13-21-9-7-6-8-10-21)23(27)17-22-16-18(2)11-12-19(22)3/h6-12,16,20H,5,13-15,17H2,1-4H3,(H,25,28)/t20-/m1/s1. The Morgan fingerprint density at radius 1 is 1.07 bits per heavy atom. The Morgan fingerprint density at radius 3 is 2.46 bits per heavy atom. The maximum atomic E-state index is 13.2. The Morgan fingerprint density at radius 2 is 1.79 bits per heavy atom. The van der Waals surface area contributed by atoms with E-state index in [1.165, 1.54) is 0 Å². The quantitative estimate of drug-likeness (QED) is 0.719. The SMILES string of the molecule is CCCNC(=O)[C@@H](C)N(CCc1ccccc1)C(=O)Cc1cc(C)ccc1C. The molecule has 4 nitrogen and oxygen atoms in total. The van der Waals surface area contributed by atoms with Crippen LogP contribution in [0.3, 0.4) is 0 Å². The smallest absolute Gasteiger partial charge is 0.242 e. The zero-order valence-electron chi connectivity index (χ0n) is 17.5.